The molecule has 5 heteroatoms. The number of hydrogen-bond acceptors (Lipinski definition) is 3. The normalized spacial score (nSPS) is 17.6. The van der Waals surface area contributed by atoms with E-state index in [0.29, 0.717) is 13.1 Å². The van der Waals surface area contributed by atoms with Crippen molar-refractivity contribution in [1.29, 1.82) is 0 Å². The molecule has 0 saturated carbocycles. The zero-order valence-electron chi connectivity index (χ0n) is 13.3. The van der Waals surface area contributed by atoms with Gasteiger partial charge in [0.15, 0.2) is 0 Å². The van der Waals surface area contributed by atoms with Crippen LogP contribution in [0.2, 0.25) is 0 Å². The van der Waals surface area contributed by atoms with Gasteiger partial charge < -0.3 is 14.6 Å². The van der Waals surface area contributed by atoms with Crippen LogP contribution < -0.4 is 5.32 Å². The van der Waals surface area contributed by atoms with Crippen molar-refractivity contribution in [2.75, 3.05) is 11.9 Å². The van der Waals surface area contributed by atoms with Crippen molar-refractivity contribution < 1.29 is 14.0 Å². The highest BCUT2D eigenvalue weighted by atomic mass is 16.3. The first-order chi connectivity index (χ1) is 11.0. The number of likely N-dealkylation sites (tertiary alicyclic amines) is 1. The molecule has 1 N–H and O–H groups in total. The van der Waals surface area contributed by atoms with Crippen molar-refractivity contribution in [3.8, 4) is 0 Å². The second-order valence-electron chi connectivity index (χ2n) is 6.04. The van der Waals surface area contributed by atoms with Gasteiger partial charge in [-0.1, -0.05) is 6.07 Å². The van der Waals surface area contributed by atoms with E-state index >= 15 is 0 Å². The van der Waals surface area contributed by atoms with E-state index in [1.165, 1.54) is 5.56 Å². The molecule has 0 bridgehead atoms. The standard InChI is InChI=1S/C18H20N2O3/c1-12-5-6-15(8-13(12)2)19-18(22)14-9-17(21)20(10-14)11-16-4-3-7-23-16/h3-8,14H,9-11H2,1-2H3,(H,19,22)/t14-/m1/s1. The maximum absolute atomic E-state index is 12.4. The number of rotatable bonds is 4. The molecule has 1 aromatic carbocycles. The largest absolute Gasteiger partial charge is 0.467 e. The number of carbonyl (C=O) groups excluding carboxylic acids is 2. The summed E-state index contributed by atoms with van der Waals surface area (Å²) in [5.74, 6) is 0.290. The van der Waals surface area contributed by atoms with Crippen LogP contribution in [0.25, 0.3) is 0 Å². The summed E-state index contributed by atoms with van der Waals surface area (Å²) in [6.45, 7) is 4.88. The first-order valence-electron chi connectivity index (χ1n) is 7.71. The van der Waals surface area contributed by atoms with Gasteiger partial charge in [0.1, 0.15) is 5.76 Å². The maximum atomic E-state index is 12.4. The fourth-order valence-electron chi connectivity index (χ4n) is 2.75. The molecule has 1 fully saturated rings. The van der Waals surface area contributed by atoms with Crippen LogP contribution in [0, 0.1) is 19.8 Å². The third-order valence-electron chi connectivity index (χ3n) is 4.29. The number of anilines is 1. The number of aryl methyl sites for hydroxylation is 2. The summed E-state index contributed by atoms with van der Waals surface area (Å²) in [6, 6.07) is 9.44. The lowest BCUT2D eigenvalue weighted by atomic mass is 10.1. The lowest BCUT2D eigenvalue weighted by molar-refractivity contribution is -0.128. The molecule has 1 aliphatic rings. The van der Waals surface area contributed by atoms with Crippen molar-refractivity contribution in [2.24, 2.45) is 5.92 Å². The number of carbonyl (C=O) groups is 2. The van der Waals surface area contributed by atoms with Crippen LogP contribution in [-0.4, -0.2) is 23.3 Å². The minimum absolute atomic E-state index is 0.0124. The predicted octanol–water partition coefficient (Wildman–Crippen LogP) is 2.88. The molecular weight excluding hydrogens is 292 g/mol. The molecule has 5 nitrogen and oxygen atoms in total. The van der Waals surface area contributed by atoms with Gasteiger partial charge >= 0.3 is 0 Å². The third-order valence-corrected chi connectivity index (χ3v) is 4.29. The SMILES string of the molecule is Cc1ccc(NC(=O)[C@@H]2CC(=O)N(Cc3ccco3)C2)cc1C. The molecule has 0 radical (unpaired) electrons. The van der Waals surface area contributed by atoms with E-state index in [-0.39, 0.29) is 24.2 Å². The summed E-state index contributed by atoms with van der Waals surface area (Å²) in [5.41, 5.74) is 3.09. The molecule has 120 valence electrons. The smallest absolute Gasteiger partial charge is 0.229 e. The van der Waals surface area contributed by atoms with Crippen LogP contribution in [0.4, 0.5) is 5.69 Å². The van der Waals surface area contributed by atoms with Crippen LogP contribution in [0.15, 0.2) is 41.0 Å². The quantitative estimate of drug-likeness (QED) is 0.944. The van der Waals surface area contributed by atoms with Gasteiger partial charge in [0.05, 0.1) is 18.7 Å². The molecule has 23 heavy (non-hydrogen) atoms. The monoisotopic (exact) mass is 312 g/mol. The Bertz CT molecular complexity index is 722. The number of hydrogen-bond donors (Lipinski definition) is 1. The van der Waals surface area contributed by atoms with Gasteiger partial charge in [-0.15, -0.1) is 0 Å². The van der Waals surface area contributed by atoms with Gasteiger partial charge in [-0.25, -0.2) is 0 Å². The maximum Gasteiger partial charge on any atom is 0.229 e. The van der Waals surface area contributed by atoms with Crippen LogP contribution in [0.5, 0.6) is 0 Å². The fourth-order valence-corrected chi connectivity index (χ4v) is 2.75. The third kappa shape index (κ3) is 3.44. The zero-order chi connectivity index (χ0) is 16.4. The van der Waals surface area contributed by atoms with E-state index < -0.39 is 0 Å². The Morgan fingerprint density at radius 2 is 2.13 bits per heavy atom. The molecule has 1 atom stereocenters. The first kappa shape index (κ1) is 15.3. The van der Waals surface area contributed by atoms with Crippen molar-refractivity contribution in [1.82, 2.24) is 4.90 Å². The van der Waals surface area contributed by atoms with Gasteiger partial charge in [0.2, 0.25) is 11.8 Å². The van der Waals surface area contributed by atoms with Gasteiger partial charge in [-0.05, 0) is 49.2 Å². The average Bonchev–Trinajstić information content (AvgIpc) is 3.14. The molecular formula is C18H20N2O3. The minimum atomic E-state index is -0.320. The molecule has 3 rings (SSSR count). The Kier molecular flexibility index (Phi) is 4.19. The van der Waals surface area contributed by atoms with Gasteiger partial charge in [0, 0.05) is 18.7 Å². The van der Waals surface area contributed by atoms with E-state index in [1.807, 2.05) is 38.1 Å². The molecule has 1 aromatic heterocycles. The summed E-state index contributed by atoms with van der Waals surface area (Å²) in [5, 5.41) is 2.91. The molecule has 2 heterocycles. The summed E-state index contributed by atoms with van der Waals surface area (Å²) in [4.78, 5) is 26.1. The van der Waals surface area contributed by atoms with Crippen LogP contribution in [0.3, 0.4) is 0 Å². The van der Waals surface area contributed by atoms with Gasteiger partial charge in [-0.2, -0.15) is 0 Å². The van der Waals surface area contributed by atoms with Crippen LogP contribution >= 0.6 is 0 Å². The number of nitrogens with zero attached hydrogens (tertiary/aromatic N) is 1. The second-order valence-corrected chi connectivity index (χ2v) is 6.04. The molecule has 0 spiro atoms. The lowest BCUT2D eigenvalue weighted by Crippen LogP contribution is -2.27. The van der Waals surface area contributed by atoms with E-state index in [2.05, 4.69) is 5.32 Å². The molecule has 1 aliphatic heterocycles. The highest BCUT2D eigenvalue weighted by Gasteiger charge is 2.34. The molecule has 2 aromatic rings. The Morgan fingerprint density at radius 3 is 2.83 bits per heavy atom. The highest BCUT2D eigenvalue weighted by Crippen LogP contribution is 2.22. The summed E-state index contributed by atoms with van der Waals surface area (Å²) < 4.78 is 5.27. The average molecular weight is 312 g/mol. The molecule has 0 aliphatic carbocycles. The molecule has 2 amide bonds. The summed E-state index contributed by atoms with van der Waals surface area (Å²) >= 11 is 0. The Labute approximate surface area is 135 Å². The Balaban J connectivity index is 1.62. The minimum Gasteiger partial charge on any atom is -0.467 e. The topological polar surface area (TPSA) is 62.6 Å². The van der Waals surface area contributed by atoms with E-state index in [4.69, 9.17) is 4.42 Å². The van der Waals surface area contributed by atoms with E-state index in [9.17, 15) is 9.59 Å². The first-order valence-corrected chi connectivity index (χ1v) is 7.71. The summed E-state index contributed by atoms with van der Waals surface area (Å²) in [6.07, 6.45) is 1.83. The van der Waals surface area contributed by atoms with Crippen molar-refractivity contribution in [2.45, 2.75) is 26.8 Å². The Morgan fingerprint density at radius 1 is 1.30 bits per heavy atom. The lowest BCUT2D eigenvalue weighted by Gasteiger charge is -2.15. The second kappa shape index (κ2) is 6.28. The number of amides is 2. The molecule has 1 saturated heterocycles. The van der Waals surface area contributed by atoms with Crippen molar-refractivity contribution >= 4 is 17.5 Å². The van der Waals surface area contributed by atoms with E-state index in [1.54, 1.807) is 17.2 Å². The van der Waals surface area contributed by atoms with Gasteiger partial charge in [0.25, 0.3) is 0 Å². The fraction of sp³-hybridized carbons (Fsp3) is 0.333. The van der Waals surface area contributed by atoms with Gasteiger partial charge in [-0.3, -0.25) is 9.59 Å². The van der Waals surface area contributed by atoms with Crippen molar-refractivity contribution in [3.05, 3.63) is 53.5 Å². The van der Waals surface area contributed by atoms with Crippen LogP contribution in [-0.2, 0) is 16.1 Å². The van der Waals surface area contributed by atoms with Crippen LogP contribution in [0.1, 0.15) is 23.3 Å². The van der Waals surface area contributed by atoms with E-state index in [0.717, 1.165) is 17.0 Å². The number of benzene rings is 1. The predicted molar refractivity (Wildman–Crippen MR) is 86.8 cm³/mol. The number of furan rings is 1. The number of nitrogens with one attached hydrogen (secondary N) is 1. The zero-order valence-corrected chi connectivity index (χ0v) is 13.3. The highest BCUT2D eigenvalue weighted by molar-refractivity contribution is 5.97. The molecule has 0 unspecified atom stereocenters. The van der Waals surface area contributed by atoms with Crippen molar-refractivity contribution in [3.63, 3.8) is 0 Å². The Hall–Kier alpha value is -2.56. The summed E-state index contributed by atoms with van der Waals surface area (Å²) in [7, 11) is 0.